The van der Waals surface area contributed by atoms with Crippen molar-refractivity contribution in [2.75, 3.05) is 0 Å². The molecule has 6 nitrogen and oxygen atoms in total. The first kappa shape index (κ1) is 13.3. The summed E-state index contributed by atoms with van der Waals surface area (Å²) in [5.41, 5.74) is -0.473. The molecule has 3 aliphatic rings. The van der Waals surface area contributed by atoms with Crippen LogP contribution in [0.4, 0.5) is 0 Å². The van der Waals surface area contributed by atoms with Crippen molar-refractivity contribution in [2.24, 2.45) is 5.41 Å². The van der Waals surface area contributed by atoms with Crippen molar-refractivity contribution in [3.8, 4) is 0 Å². The number of carbonyl (C=O) groups is 1. The molecule has 19 heavy (non-hydrogen) atoms. The molecule has 0 aromatic rings. The average molecular weight is 289 g/mol. The predicted molar refractivity (Wildman–Crippen MR) is 66.9 cm³/mol. The topological polar surface area (TPSA) is 81.7 Å². The second-order valence-corrected chi connectivity index (χ2v) is 7.99. The van der Waals surface area contributed by atoms with Crippen molar-refractivity contribution in [3.05, 3.63) is 0 Å². The molecule has 5 unspecified atom stereocenters. The maximum Gasteiger partial charge on any atom is 0.273 e. The smallest absolute Gasteiger partial charge is 0.273 e. The third kappa shape index (κ3) is 1.82. The molecule has 0 aliphatic carbocycles. The van der Waals surface area contributed by atoms with Gasteiger partial charge in [0.1, 0.15) is 17.5 Å². The van der Waals surface area contributed by atoms with Crippen molar-refractivity contribution in [2.45, 2.75) is 63.2 Å². The number of rotatable bonds is 3. The summed E-state index contributed by atoms with van der Waals surface area (Å²) in [6.45, 7) is 5.68. The van der Waals surface area contributed by atoms with Gasteiger partial charge in [-0.1, -0.05) is 20.8 Å². The molecule has 3 aliphatic heterocycles. The summed E-state index contributed by atoms with van der Waals surface area (Å²) >= 11 is 0. The Morgan fingerprint density at radius 2 is 2.05 bits per heavy atom. The zero-order valence-electron chi connectivity index (χ0n) is 11.3. The monoisotopic (exact) mass is 289 g/mol. The number of hydrogen-bond donors (Lipinski definition) is 1. The van der Waals surface area contributed by atoms with Gasteiger partial charge in [-0.3, -0.25) is 8.98 Å². The highest BCUT2D eigenvalue weighted by atomic mass is 32.2. The van der Waals surface area contributed by atoms with Gasteiger partial charge < -0.3 is 10.1 Å². The molecule has 3 rings (SSSR count). The van der Waals surface area contributed by atoms with Crippen LogP contribution in [0.3, 0.4) is 0 Å². The predicted octanol–water partition coefficient (Wildman–Crippen LogP) is 0.176. The van der Waals surface area contributed by atoms with Crippen molar-refractivity contribution in [1.29, 1.82) is 0 Å². The number of hydrogen-bond acceptors (Lipinski definition) is 5. The van der Waals surface area contributed by atoms with E-state index in [2.05, 4.69) is 5.32 Å². The molecular weight excluding hydrogens is 270 g/mol. The first-order chi connectivity index (χ1) is 8.76. The number of carbonyl (C=O) groups excluding carboxylic acids is 1. The summed E-state index contributed by atoms with van der Waals surface area (Å²) in [5.74, 6) is -0.0828. The molecule has 2 bridgehead atoms. The zero-order valence-corrected chi connectivity index (χ0v) is 12.1. The van der Waals surface area contributed by atoms with E-state index in [9.17, 15) is 13.2 Å². The Kier molecular flexibility index (Phi) is 2.75. The van der Waals surface area contributed by atoms with E-state index in [1.165, 1.54) is 0 Å². The number of amides is 1. The second-order valence-electron chi connectivity index (χ2n) is 6.20. The molecule has 3 saturated heterocycles. The lowest BCUT2D eigenvalue weighted by molar-refractivity contribution is -0.131. The summed E-state index contributed by atoms with van der Waals surface area (Å²) in [6.07, 6.45) is -0.0715. The van der Waals surface area contributed by atoms with E-state index >= 15 is 0 Å². The van der Waals surface area contributed by atoms with E-state index in [0.717, 1.165) is 0 Å². The molecule has 0 saturated carbocycles. The van der Waals surface area contributed by atoms with Crippen LogP contribution in [0.25, 0.3) is 0 Å². The van der Waals surface area contributed by atoms with Gasteiger partial charge in [-0.25, -0.2) is 0 Å². The quantitative estimate of drug-likeness (QED) is 0.749. The molecule has 0 spiro atoms. The minimum Gasteiger partial charge on any atom is -0.368 e. The van der Waals surface area contributed by atoms with Crippen LogP contribution < -0.4 is 5.32 Å². The van der Waals surface area contributed by atoms with E-state index in [1.54, 1.807) is 0 Å². The van der Waals surface area contributed by atoms with Gasteiger partial charge >= 0.3 is 0 Å². The van der Waals surface area contributed by atoms with Gasteiger partial charge in [0.25, 0.3) is 10.1 Å². The third-order valence-corrected chi connectivity index (χ3v) is 6.35. The fourth-order valence-corrected chi connectivity index (χ4v) is 4.60. The minimum atomic E-state index is -3.52. The highest BCUT2D eigenvalue weighted by Crippen LogP contribution is 2.46. The van der Waals surface area contributed by atoms with E-state index in [0.29, 0.717) is 12.8 Å². The van der Waals surface area contributed by atoms with Crippen molar-refractivity contribution in [1.82, 2.24) is 5.32 Å². The normalized spacial score (nSPS) is 42.6. The van der Waals surface area contributed by atoms with Crippen LogP contribution >= 0.6 is 0 Å². The van der Waals surface area contributed by atoms with Crippen LogP contribution in [0, 0.1) is 5.41 Å². The first-order valence-electron chi connectivity index (χ1n) is 6.65. The van der Waals surface area contributed by atoms with E-state index < -0.39 is 33.0 Å². The highest BCUT2D eigenvalue weighted by molar-refractivity contribution is 7.87. The van der Waals surface area contributed by atoms with Crippen LogP contribution in [0.2, 0.25) is 0 Å². The maximum absolute atomic E-state index is 12.2. The fourth-order valence-electron chi connectivity index (χ4n) is 2.95. The third-order valence-electron chi connectivity index (χ3n) is 4.65. The Hall–Kier alpha value is -0.660. The van der Waals surface area contributed by atoms with Crippen LogP contribution in [0.5, 0.6) is 0 Å². The van der Waals surface area contributed by atoms with Crippen LogP contribution in [0.15, 0.2) is 0 Å². The van der Waals surface area contributed by atoms with Gasteiger partial charge in [-0.05, 0) is 12.8 Å². The zero-order chi connectivity index (χ0) is 14.0. The first-order valence-corrected chi connectivity index (χ1v) is 8.12. The van der Waals surface area contributed by atoms with Gasteiger partial charge in [0.2, 0.25) is 5.91 Å². The standard InChI is InChI=1S/C12H19NO5S/c1-4-12(2,3)11(14)13-8-6-5-7-9(17-6)10(8)18-19(7,15)16/h6-10H,4-5H2,1-3H3,(H,13,14). The summed E-state index contributed by atoms with van der Waals surface area (Å²) in [7, 11) is -3.52. The summed E-state index contributed by atoms with van der Waals surface area (Å²) in [4.78, 5) is 12.2. The van der Waals surface area contributed by atoms with E-state index in [1.807, 2.05) is 20.8 Å². The molecule has 3 fully saturated rings. The van der Waals surface area contributed by atoms with Gasteiger partial charge in [-0.2, -0.15) is 8.42 Å². The summed E-state index contributed by atoms with van der Waals surface area (Å²) < 4.78 is 34.3. The largest absolute Gasteiger partial charge is 0.368 e. The molecular formula is C12H19NO5S. The molecule has 1 amide bonds. The van der Waals surface area contributed by atoms with E-state index in [4.69, 9.17) is 8.92 Å². The maximum atomic E-state index is 12.2. The SMILES string of the molecule is CCC(C)(C)C(=O)NC1C2CC3C(O2)C1OS3(=O)=O. The molecule has 0 radical (unpaired) electrons. The second kappa shape index (κ2) is 3.93. The molecule has 0 aromatic heterocycles. The minimum absolute atomic E-state index is 0.0828. The Balaban J connectivity index is 1.77. The van der Waals surface area contributed by atoms with Crippen LogP contribution in [-0.2, 0) is 23.8 Å². The Labute approximate surface area is 113 Å². The lowest BCUT2D eigenvalue weighted by atomic mass is 9.87. The molecule has 7 heteroatoms. The van der Waals surface area contributed by atoms with Gasteiger partial charge in [0, 0.05) is 5.41 Å². The molecule has 1 N–H and O–H groups in total. The number of ether oxygens (including phenoxy) is 1. The van der Waals surface area contributed by atoms with Gasteiger partial charge in [0.05, 0.1) is 12.1 Å². The van der Waals surface area contributed by atoms with Crippen molar-refractivity contribution < 1.29 is 22.1 Å². The fraction of sp³-hybridized carbons (Fsp3) is 0.917. The van der Waals surface area contributed by atoms with Gasteiger partial charge in [0.15, 0.2) is 0 Å². The lowest BCUT2D eigenvalue weighted by Gasteiger charge is -2.28. The average Bonchev–Trinajstić information content (AvgIpc) is 2.92. The van der Waals surface area contributed by atoms with Crippen LogP contribution in [-0.4, -0.2) is 43.9 Å². The van der Waals surface area contributed by atoms with Crippen molar-refractivity contribution >= 4 is 16.0 Å². The molecule has 3 heterocycles. The lowest BCUT2D eigenvalue weighted by Crippen LogP contribution is -2.53. The number of nitrogens with one attached hydrogen (secondary N) is 1. The molecule has 0 aromatic carbocycles. The van der Waals surface area contributed by atoms with E-state index in [-0.39, 0.29) is 18.1 Å². The highest BCUT2D eigenvalue weighted by Gasteiger charge is 2.66. The summed E-state index contributed by atoms with van der Waals surface area (Å²) in [6, 6.07) is -0.350. The van der Waals surface area contributed by atoms with Gasteiger partial charge in [-0.15, -0.1) is 0 Å². The Bertz CT molecular complexity index is 514. The molecule has 5 atom stereocenters. The Morgan fingerprint density at radius 1 is 1.37 bits per heavy atom. The molecule has 108 valence electrons. The summed E-state index contributed by atoms with van der Waals surface area (Å²) in [5, 5.41) is 2.37. The van der Waals surface area contributed by atoms with Crippen LogP contribution in [0.1, 0.15) is 33.6 Å². The van der Waals surface area contributed by atoms with Crippen molar-refractivity contribution in [3.63, 3.8) is 0 Å². The Morgan fingerprint density at radius 3 is 2.68 bits per heavy atom. The number of fused-ring (bicyclic) bond motifs is 1.